The van der Waals surface area contributed by atoms with Crippen LogP contribution in [-0.2, 0) is 6.42 Å². The zero-order valence-corrected chi connectivity index (χ0v) is 14.4. The van der Waals surface area contributed by atoms with Crippen molar-refractivity contribution in [2.45, 2.75) is 12.3 Å². The quantitative estimate of drug-likeness (QED) is 0.533. The van der Waals surface area contributed by atoms with Crippen LogP contribution in [0.4, 0.5) is 10.8 Å². The number of nitrogens with zero attached hydrogens (tertiary/aromatic N) is 2. The molecule has 2 N–H and O–H groups in total. The first-order chi connectivity index (χ1) is 12.1. The van der Waals surface area contributed by atoms with Crippen LogP contribution in [0.25, 0.3) is 0 Å². The maximum Gasteiger partial charge on any atom is 0.269 e. The minimum atomic E-state index is -0.397. The lowest BCUT2D eigenvalue weighted by molar-refractivity contribution is -0.384. The minimum absolute atomic E-state index is 0.0147. The van der Waals surface area contributed by atoms with Crippen LogP contribution in [0.5, 0.6) is 5.75 Å². The SMILES string of the molecule is COc1ccc(C(Cc2ccc([N+](=O)[O-])cc2)c2csc(N)n2)cc1. The molecule has 0 aliphatic carbocycles. The monoisotopic (exact) mass is 355 g/mol. The summed E-state index contributed by atoms with van der Waals surface area (Å²) in [7, 11) is 1.63. The van der Waals surface area contributed by atoms with Gasteiger partial charge in [0.2, 0.25) is 0 Å². The number of nitrogen functional groups attached to an aromatic ring is 1. The highest BCUT2D eigenvalue weighted by atomic mass is 32.1. The van der Waals surface area contributed by atoms with Crippen molar-refractivity contribution in [2.24, 2.45) is 0 Å². The second-order valence-corrected chi connectivity index (χ2v) is 6.45. The zero-order chi connectivity index (χ0) is 17.8. The van der Waals surface area contributed by atoms with E-state index >= 15 is 0 Å². The number of anilines is 1. The van der Waals surface area contributed by atoms with E-state index in [-0.39, 0.29) is 11.6 Å². The summed E-state index contributed by atoms with van der Waals surface area (Å²) < 4.78 is 5.22. The lowest BCUT2D eigenvalue weighted by Crippen LogP contribution is -2.06. The van der Waals surface area contributed by atoms with E-state index < -0.39 is 4.92 Å². The molecule has 3 aromatic rings. The van der Waals surface area contributed by atoms with Crippen molar-refractivity contribution >= 4 is 22.2 Å². The molecule has 3 rings (SSSR count). The van der Waals surface area contributed by atoms with Crippen LogP contribution in [0, 0.1) is 10.1 Å². The number of methoxy groups -OCH3 is 1. The number of nitro benzene ring substituents is 1. The molecule has 0 saturated carbocycles. The van der Waals surface area contributed by atoms with Crippen molar-refractivity contribution in [3.8, 4) is 5.75 Å². The van der Waals surface area contributed by atoms with Crippen LogP contribution in [-0.4, -0.2) is 17.0 Å². The molecule has 7 heteroatoms. The Bertz CT molecular complexity index is 860. The molecule has 1 aromatic heterocycles. The van der Waals surface area contributed by atoms with Gasteiger partial charge in [0.15, 0.2) is 5.13 Å². The minimum Gasteiger partial charge on any atom is -0.497 e. The Morgan fingerprint density at radius 1 is 1.20 bits per heavy atom. The van der Waals surface area contributed by atoms with Gasteiger partial charge in [0.25, 0.3) is 5.69 Å². The van der Waals surface area contributed by atoms with Crippen LogP contribution >= 0.6 is 11.3 Å². The fourth-order valence-corrected chi connectivity index (χ4v) is 3.30. The number of nitro groups is 1. The summed E-state index contributed by atoms with van der Waals surface area (Å²) >= 11 is 1.40. The predicted octanol–water partition coefficient (Wildman–Crippen LogP) is 4.02. The average Bonchev–Trinajstić information content (AvgIpc) is 3.06. The third kappa shape index (κ3) is 3.95. The molecule has 25 heavy (non-hydrogen) atoms. The molecule has 2 aromatic carbocycles. The van der Waals surface area contributed by atoms with Crippen LogP contribution in [0.3, 0.4) is 0 Å². The lowest BCUT2D eigenvalue weighted by atomic mass is 9.89. The highest BCUT2D eigenvalue weighted by Gasteiger charge is 2.19. The van der Waals surface area contributed by atoms with E-state index in [9.17, 15) is 10.1 Å². The first-order valence-corrected chi connectivity index (χ1v) is 8.53. The maximum atomic E-state index is 10.8. The Labute approximate surface area is 149 Å². The van der Waals surface area contributed by atoms with E-state index in [1.807, 2.05) is 29.6 Å². The average molecular weight is 355 g/mol. The molecule has 0 spiro atoms. The smallest absolute Gasteiger partial charge is 0.269 e. The van der Waals surface area contributed by atoms with Gasteiger partial charge in [-0.15, -0.1) is 11.3 Å². The molecule has 0 amide bonds. The second kappa shape index (κ2) is 7.31. The molecule has 0 bridgehead atoms. The number of benzene rings is 2. The third-order valence-corrected chi connectivity index (χ3v) is 4.69. The number of hydrogen-bond donors (Lipinski definition) is 1. The number of aromatic nitrogens is 1. The van der Waals surface area contributed by atoms with Crippen molar-refractivity contribution in [1.82, 2.24) is 4.98 Å². The van der Waals surface area contributed by atoms with Gasteiger partial charge in [0, 0.05) is 23.4 Å². The standard InChI is InChI=1S/C18H17N3O3S/c1-24-15-8-4-13(5-9-15)16(17-11-25-18(19)20-17)10-12-2-6-14(7-3-12)21(22)23/h2-9,11,16H,10H2,1H3,(H2,19,20). The van der Waals surface area contributed by atoms with E-state index in [1.54, 1.807) is 19.2 Å². The highest BCUT2D eigenvalue weighted by Crippen LogP contribution is 2.31. The Kier molecular flexibility index (Phi) is 4.95. The van der Waals surface area contributed by atoms with Crippen molar-refractivity contribution in [3.63, 3.8) is 0 Å². The second-order valence-electron chi connectivity index (χ2n) is 5.56. The van der Waals surface area contributed by atoms with E-state index in [4.69, 9.17) is 10.5 Å². The molecule has 0 aliphatic heterocycles. The van der Waals surface area contributed by atoms with Gasteiger partial charge in [-0.05, 0) is 29.7 Å². The van der Waals surface area contributed by atoms with Gasteiger partial charge in [-0.3, -0.25) is 10.1 Å². The highest BCUT2D eigenvalue weighted by molar-refractivity contribution is 7.13. The van der Waals surface area contributed by atoms with Gasteiger partial charge in [0.1, 0.15) is 5.75 Å². The van der Waals surface area contributed by atoms with E-state index in [0.29, 0.717) is 11.6 Å². The van der Waals surface area contributed by atoms with Gasteiger partial charge in [-0.1, -0.05) is 24.3 Å². The van der Waals surface area contributed by atoms with Crippen molar-refractivity contribution in [3.05, 3.63) is 80.8 Å². The summed E-state index contributed by atoms with van der Waals surface area (Å²) in [5.41, 5.74) is 8.86. The van der Waals surface area contributed by atoms with Gasteiger partial charge < -0.3 is 10.5 Å². The summed E-state index contributed by atoms with van der Waals surface area (Å²) in [4.78, 5) is 14.8. The topological polar surface area (TPSA) is 91.3 Å². The van der Waals surface area contributed by atoms with Crippen LogP contribution < -0.4 is 10.5 Å². The summed E-state index contributed by atoms with van der Waals surface area (Å²) in [5.74, 6) is 0.802. The summed E-state index contributed by atoms with van der Waals surface area (Å²) in [5, 5.41) is 13.3. The molecule has 1 atom stereocenters. The van der Waals surface area contributed by atoms with E-state index in [2.05, 4.69) is 4.98 Å². The molecule has 128 valence electrons. The third-order valence-electron chi connectivity index (χ3n) is 4.00. The summed E-state index contributed by atoms with van der Waals surface area (Å²) in [6.07, 6.45) is 0.674. The number of non-ortho nitro benzene ring substituents is 1. The Balaban J connectivity index is 1.91. The van der Waals surface area contributed by atoms with Crippen LogP contribution in [0.2, 0.25) is 0 Å². The van der Waals surface area contributed by atoms with Crippen molar-refractivity contribution in [2.75, 3.05) is 12.8 Å². The molecule has 0 radical (unpaired) electrons. The normalized spacial score (nSPS) is 11.9. The van der Waals surface area contributed by atoms with Gasteiger partial charge in [0.05, 0.1) is 17.7 Å². The molecule has 0 saturated heterocycles. The lowest BCUT2D eigenvalue weighted by Gasteiger charge is -2.16. The van der Waals surface area contributed by atoms with Crippen molar-refractivity contribution in [1.29, 1.82) is 0 Å². The number of hydrogen-bond acceptors (Lipinski definition) is 6. The number of thiazole rings is 1. The predicted molar refractivity (Wildman–Crippen MR) is 98.2 cm³/mol. The molecular weight excluding hydrogens is 338 g/mol. The van der Waals surface area contributed by atoms with Gasteiger partial charge in [-0.25, -0.2) is 4.98 Å². The van der Waals surface area contributed by atoms with Crippen LogP contribution in [0.1, 0.15) is 22.7 Å². The molecule has 0 aliphatic rings. The fourth-order valence-electron chi connectivity index (χ4n) is 2.68. The van der Waals surface area contributed by atoms with Crippen LogP contribution in [0.15, 0.2) is 53.9 Å². The first kappa shape index (κ1) is 16.9. The van der Waals surface area contributed by atoms with E-state index in [1.165, 1.54) is 23.5 Å². The summed E-state index contributed by atoms with van der Waals surface area (Å²) in [6, 6.07) is 14.4. The largest absolute Gasteiger partial charge is 0.497 e. The fraction of sp³-hybridized carbons (Fsp3) is 0.167. The Hall–Kier alpha value is -2.93. The molecule has 1 unspecified atom stereocenters. The number of nitrogens with two attached hydrogens (primary N) is 1. The first-order valence-electron chi connectivity index (χ1n) is 7.65. The number of ether oxygens (including phenoxy) is 1. The molecule has 1 heterocycles. The molecule has 0 fully saturated rings. The van der Waals surface area contributed by atoms with Crippen molar-refractivity contribution < 1.29 is 9.66 Å². The molecular formula is C18H17N3O3S. The van der Waals surface area contributed by atoms with E-state index in [0.717, 1.165) is 22.6 Å². The zero-order valence-electron chi connectivity index (χ0n) is 13.6. The Morgan fingerprint density at radius 3 is 2.40 bits per heavy atom. The maximum absolute atomic E-state index is 10.8. The Morgan fingerprint density at radius 2 is 1.88 bits per heavy atom. The summed E-state index contributed by atoms with van der Waals surface area (Å²) in [6.45, 7) is 0. The van der Waals surface area contributed by atoms with Gasteiger partial charge in [-0.2, -0.15) is 0 Å². The van der Waals surface area contributed by atoms with Gasteiger partial charge >= 0.3 is 0 Å². The number of rotatable bonds is 6. The molecule has 6 nitrogen and oxygen atoms in total.